The van der Waals surface area contributed by atoms with Gasteiger partial charge >= 0.3 is 0 Å². The molecular weight excluding hydrogens is 259 g/mol. The van der Waals surface area contributed by atoms with Gasteiger partial charge in [0.25, 0.3) is 0 Å². The zero-order chi connectivity index (χ0) is 8.77. The SMILES string of the molecule is ClC1(Cl)CC1c1cccc(Br)c1. The van der Waals surface area contributed by atoms with E-state index >= 15 is 0 Å². The number of hydrogen-bond acceptors (Lipinski definition) is 0. The molecule has 3 heteroatoms. The van der Waals surface area contributed by atoms with Gasteiger partial charge < -0.3 is 0 Å². The second-order valence-electron chi connectivity index (χ2n) is 3.07. The quantitative estimate of drug-likeness (QED) is 0.671. The highest BCUT2D eigenvalue weighted by Crippen LogP contribution is 2.59. The standard InChI is InChI=1S/C9H7BrCl2/c10-7-3-1-2-6(4-7)8-5-9(8,11)12/h1-4,8H,5H2. The van der Waals surface area contributed by atoms with Crippen LogP contribution in [0.25, 0.3) is 0 Å². The third kappa shape index (κ3) is 1.63. The summed E-state index contributed by atoms with van der Waals surface area (Å²) in [7, 11) is 0. The van der Waals surface area contributed by atoms with E-state index < -0.39 is 4.33 Å². The van der Waals surface area contributed by atoms with Crippen LogP contribution in [-0.4, -0.2) is 4.33 Å². The molecule has 0 radical (unpaired) electrons. The molecule has 1 aliphatic carbocycles. The van der Waals surface area contributed by atoms with Crippen molar-refractivity contribution in [3.8, 4) is 0 Å². The van der Waals surface area contributed by atoms with Gasteiger partial charge in [-0.25, -0.2) is 0 Å². The third-order valence-corrected chi connectivity index (χ3v) is 3.41. The average Bonchev–Trinajstić information content (AvgIpc) is 2.60. The van der Waals surface area contributed by atoms with Crippen molar-refractivity contribution in [2.45, 2.75) is 16.7 Å². The largest absolute Gasteiger partial charge is 0.125 e. The Balaban J connectivity index is 2.26. The van der Waals surface area contributed by atoms with Gasteiger partial charge in [0.05, 0.1) is 0 Å². The second-order valence-corrected chi connectivity index (χ2v) is 5.53. The van der Waals surface area contributed by atoms with Crippen molar-refractivity contribution in [1.82, 2.24) is 0 Å². The Bertz CT molecular complexity index is 309. The van der Waals surface area contributed by atoms with Crippen molar-refractivity contribution in [3.63, 3.8) is 0 Å². The lowest BCUT2D eigenvalue weighted by Gasteiger charge is -2.00. The molecule has 0 nitrogen and oxygen atoms in total. The van der Waals surface area contributed by atoms with E-state index in [9.17, 15) is 0 Å². The Morgan fingerprint density at radius 1 is 1.42 bits per heavy atom. The summed E-state index contributed by atoms with van der Waals surface area (Å²) in [6.45, 7) is 0. The van der Waals surface area contributed by atoms with Crippen molar-refractivity contribution < 1.29 is 0 Å². The van der Waals surface area contributed by atoms with Crippen LogP contribution in [0.2, 0.25) is 0 Å². The summed E-state index contributed by atoms with van der Waals surface area (Å²) in [6.07, 6.45) is 0.868. The summed E-state index contributed by atoms with van der Waals surface area (Å²) < 4.78 is 0.567. The van der Waals surface area contributed by atoms with Crippen LogP contribution in [-0.2, 0) is 0 Å². The fraction of sp³-hybridized carbons (Fsp3) is 0.333. The van der Waals surface area contributed by atoms with Gasteiger partial charge in [0.2, 0.25) is 0 Å². The van der Waals surface area contributed by atoms with Gasteiger partial charge in [-0.05, 0) is 24.1 Å². The zero-order valence-electron chi connectivity index (χ0n) is 6.23. The first kappa shape index (κ1) is 8.86. The van der Waals surface area contributed by atoms with Crippen LogP contribution in [0.4, 0.5) is 0 Å². The van der Waals surface area contributed by atoms with Crippen LogP contribution in [0, 0.1) is 0 Å². The van der Waals surface area contributed by atoms with E-state index in [1.54, 1.807) is 0 Å². The molecular formula is C9H7BrCl2. The maximum atomic E-state index is 5.94. The Labute approximate surface area is 90.0 Å². The van der Waals surface area contributed by atoms with E-state index in [2.05, 4.69) is 28.1 Å². The fourth-order valence-electron chi connectivity index (χ4n) is 1.30. The van der Waals surface area contributed by atoms with Crippen LogP contribution in [0.3, 0.4) is 0 Å². The molecule has 2 rings (SSSR count). The third-order valence-electron chi connectivity index (χ3n) is 2.08. The molecule has 0 aromatic heterocycles. The van der Waals surface area contributed by atoms with E-state index in [0.717, 1.165) is 10.9 Å². The Morgan fingerprint density at radius 3 is 2.58 bits per heavy atom. The summed E-state index contributed by atoms with van der Waals surface area (Å²) >= 11 is 15.3. The van der Waals surface area contributed by atoms with Crippen molar-refractivity contribution in [1.29, 1.82) is 0 Å². The number of halogens is 3. The predicted octanol–water partition coefficient (Wildman–Crippen LogP) is 4.11. The molecule has 1 atom stereocenters. The molecule has 1 fully saturated rings. The molecule has 1 aromatic carbocycles. The first-order chi connectivity index (χ1) is 5.59. The molecule has 1 aromatic rings. The predicted molar refractivity (Wildman–Crippen MR) is 55.9 cm³/mol. The lowest BCUT2D eigenvalue weighted by molar-refractivity contribution is 1.10. The topological polar surface area (TPSA) is 0 Å². The molecule has 12 heavy (non-hydrogen) atoms. The zero-order valence-corrected chi connectivity index (χ0v) is 9.33. The van der Waals surface area contributed by atoms with Gasteiger partial charge in [0, 0.05) is 10.4 Å². The highest BCUT2D eigenvalue weighted by atomic mass is 79.9. The van der Waals surface area contributed by atoms with Crippen LogP contribution >= 0.6 is 39.1 Å². The summed E-state index contributed by atoms with van der Waals surface area (Å²) in [5, 5.41) is 0. The number of benzene rings is 1. The Morgan fingerprint density at radius 2 is 2.08 bits per heavy atom. The fourth-order valence-corrected chi connectivity index (χ4v) is 2.28. The van der Waals surface area contributed by atoms with E-state index in [1.165, 1.54) is 5.56 Å². The van der Waals surface area contributed by atoms with Crippen molar-refractivity contribution in [2.75, 3.05) is 0 Å². The normalized spacial score (nSPS) is 25.4. The number of rotatable bonds is 1. The van der Waals surface area contributed by atoms with Crippen molar-refractivity contribution >= 4 is 39.1 Å². The van der Waals surface area contributed by atoms with Crippen molar-refractivity contribution in [3.05, 3.63) is 34.3 Å². The van der Waals surface area contributed by atoms with Crippen LogP contribution < -0.4 is 0 Å². The highest BCUT2D eigenvalue weighted by molar-refractivity contribution is 9.10. The van der Waals surface area contributed by atoms with Gasteiger partial charge in [0.15, 0.2) is 0 Å². The van der Waals surface area contributed by atoms with Gasteiger partial charge in [-0.2, -0.15) is 0 Å². The molecule has 1 aliphatic rings. The minimum absolute atomic E-state index is 0.318. The maximum Gasteiger partial charge on any atom is 0.125 e. The monoisotopic (exact) mass is 264 g/mol. The number of alkyl halides is 2. The van der Waals surface area contributed by atoms with Gasteiger partial charge in [-0.15, -0.1) is 23.2 Å². The highest BCUT2D eigenvalue weighted by Gasteiger charge is 2.52. The number of hydrogen-bond donors (Lipinski definition) is 0. The smallest absolute Gasteiger partial charge is 0.101 e. The minimum atomic E-state index is -0.513. The molecule has 0 N–H and O–H groups in total. The lowest BCUT2D eigenvalue weighted by atomic mass is 10.1. The molecule has 0 spiro atoms. The van der Waals surface area contributed by atoms with Gasteiger partial charge in [-0.1, -0.05) is 28.1 Å². The van der Waals surface area contributed by atoms with Gasteiger partial charge in [0.1, 0.15) is 4.33 Å². The minimum Gasteiger partial charge on any atom is -0.101 e. The summed E-state index contributed by atoms with van der Waals surface area (Å²) in [4.78, 5) is 0. The summed E-state index contributed by atoms with van der Waals surface area (Å²) in [5.41, 5.74) is 1.22. The first-order valence-electron chi connectivity index (χ1n) is 3.73. The van der Waals surface area contributed by atoms with Crippen molar-refractivity contribution in [2.24, 2.45) is 0 Å². The Kier molecular flexibility index (Phi) is 2.14. The second kappa shape index (κ2) is 2.90. The summed E-state index contributed by atoms with van der Waals surface area (Å²) in [5.74, 6) is 0.318. The molecule has 0 amide bonds. The van der Waals surface area contributed by atoms with E-state index in [-0.39, 0.29) is 0 Å². The maximum absolute atomic E-state index is 5.94. The van der Waals surface area contributed by atoms with E-state index in [0.29, 0.717) is 5.92 Å². The van der Waals surface area contributed by atoms with E-state index in [4.69, 9.17) is 23.2 Å². The average molecular weight is 266 g/mol. The first-order valence-corrected chi connectivity index (χ1v) is 5.28. The lowest BCUT2D eigenvalue weighted by Crippen LogP contribution is -1.88. The molecule has 0 aliphatic heterocycles. The van der Waals surface area contributed by atoms with Gasteiger partial charge in [-0.3, -0.25) is 0 Å². The Hall–Kier alpha value is 0.280. The molecule has 64 valence electrons. The molecule has 1 unspecified atom stereocenters. The van der Waals surface area contributed by atoms with Crippen LogP contribution in [0.1, 0.15) is 17.9 Å². The molecule has 0 bridgehead atoms. The van der Waals surface area contributed by atoms with Crippen LogP contribution in [0.15, 0.2) is 28.7 Å². The molecule has 0 heterocycles. The van der Waals surface area contributed by atoms with Crippen LogP contribution in [0.5, 0.6) is 0 Å². The molecule has 1 saturated carbocycles. The summed E-state index contributed by atoms with van der Waals surface area (Å²) in [6, 6.07) is 8.12. The molecule has 0 saturated heterocycles. The van der Waals surface area contributed by atoms with E-state index in [1.807, 2.05) is 12.1 Å².